The molecule has 8 rings (SSSR count). The summed E-state index contributed by atoms with van der Waals surface area (Å²) in [4.78, 5) is 4.62. The van der Waals surface area contributed by atoms with Crippen LogP contribution in [0.3, 0.4) is 0 Å². The van der Waals surface area contributed by atoms with Crippen LogP contribution in [0.5, 0.6) is 0 Å². The van der Waals surface area contributed by atoms with Gasteiger partial charge in [0, 0.05) is 50.5 Å². The number of rotatable bonds is 9. The van der Waals surface area contributed by atoms with Crippen LogP contribution in [0.15, 0.2) is 187 Å². The molecule has 1 heterocycles. The fraction of sp³-hybridized carbons (Fsp3) is 0. The summed E-state index contributed by atoms with van der Waals surface area (Å²) in [6, 6.07) is 59.5. The zero-order chi connectivity index (χ0) is 33.2. The Morgan fingerprint density at radius 3 is 1.41 bits per heavy atom. The normalized spacial score (nSPS) is 11.0. The molecule has 3 heteroatoms. The Balaban J connectivity index is 1.42. The molecular weight excluding hydrogens is 597 g/mol. The molecule has 0 spiro atoms. The lowest BCUT2D eigenvalue weighted by molar-refractivity contribution is 0.670. The summed E-state index contributed by atoms with van der Waals surface area (Å²) in [6.45, 7) is 7.95. The van der Waals surface area contributed by atoms with Gasteiger partial charge in [-0.2, -0.15) is 0 Å². The third kappa shape index (κ3) is 5.68. The second-order valence-corrected chi connectivity index (χ2v) is 12.0. The van der Waals surface area contributed by atoms with Crippen LogP contribution in [0.4, 0.5) is 34.1 Å². The van der Waals surface area contributed by atoms with Gasteiger partial charge in [-0.1, -0.05) is 122 Å². The van der Waals surface area contributed by atoms with Gasteiger partial charge >= 0.3 is 0 Å². The molecule has 234 valence electrons. The minimum Gasteiger partial charge on any atom is -0.455 e. The monoisotopic (exact) mass is 630 g/mol. The lowest BCUT2D eigenvalue weighted by atomic mass is 9.99. The van der Waals surface area contributed by atoms with Crippen LogP contribution >= 0.6 is 0 Å². The molecular formula is C46H34N2O. The maximum atomic E-state index is 6.58. The van der Waals surface area contributed by atoms with Gasteiger partial charge in [-0.15, -0.1) is 0 Å². The zero-order valence-electron chi connectivity index (χ0n) is 27.0. The standard InChI is InChI=1S/C46H34N2O/c1-3-33-22-26-38(27-23-33)47(36-14-7-5-8-15-36)40-30-35(42-19-13-20-44-43-18-11-12-21-45(43)49-46(42)44)31-41(32-40)48(37-16-9-6-10-17-37)39-28-24-34(4-2)25-29-39/h3-32H,1-2H2. The summed E-state index contributed by atoms with van der Waals surface area (Å²) >= 11 is 0. The second-order valence-electron chi connectivity index (χ2n) is 12.0. The van der Waals surface area contributed by atoms with E-state index in [-0.39, 0.29) is 0 Å². The molecule has 0 N–H and O–H groups in total. The number of benzene rings is 7. The van der Waals surface area contributed by atoms with Crippen LogP contribution in [0.2, 0.25) is 0 Å². The maximum absolute atomic E-state index is 6.58. The van der Waals surface area contributed by atoms with Crippen molar-refractivity contribution >= 4 is 68.2 Å². The van der Waals surface area contributed by atoms with Crippen molar-refractivity contribution in [2.45, 2.75) is 0 Å². The Labute approximate surface area is 286 Å². The number of anilines is 6. The molecule has 8 aromatic rings. The Hall–Kier alpha value is -6.58. The minimum atomic E-state index is 0.870. The smallest absolute Gasteiger partial charge is 0.143 e. The number of hydrogen-bond acceptors (Lipinski definition) is 3. The van der Waals surface area contributed by atoms with E-state index in [0.717, 1.165) is 78.3 Å². The molecule has 0 unspecified atom stereocenters. The van der Waals surface area contributed by atoms with Gasteiger partial charge in [0.1, 0.15) is 11.2 Å². The molecule has 0 bridgehead atoms. The predicted molar refractivity (Wildman–Crippen MR) is 209 cm³/mol. The van der Waals surface area contributed by atoms with E-state index in [4.69, 9.17) is 4.42 Å². The Kier molecular flexibility index (Phi) is 7.85. The van der Waals surface area contributed by atoms with E-state index in [9.17, 15) is 0 Å². The molecule has 0 saturated heterocycles. The van der Waals surface area contributed by atoms with Gasteiger partial charge in [-0.3, -0.25) is 0 Å². The fourth-order valence-corrected chi connectivity index (χ4v) is 6.55. The van der Waals surface area contributed by atoms with Crippen LogP contribution in [0.1, 0.15) is 11.1 Å². The molecule has 0 saturated carbocycles. The lowest BCUT2D eigenvalue weighted by Crippen LogP contribution is -2.13. The van der Waals surface area contributed by atoms with Gasteiger partial charge in [0.2, 0.25) is 0 Å². The third-order valence-electron chi connectivity index (χ3n) is 8.94. The Bertz CT molecular complexity index is 2290. The van der Waals surface area contributed by atoms with Gasteiger partial charge in [0.25, 0.3) is 0 Å². The van der Waals surface area contributed by atoms with E-state index in [2.05, 4.69) is 181 Å². The first kappa shape index (κ1) is 29.8. The number of hydrogen-bond donors (Lipinski definition) is 0. The van der Waals surface area contributed by atoms with Crippen molar-refractivity contribution < 1.29 is 4.42 Å². The number of nitrogens with zero attached hydrogens (tertiary/aromatic N) is 2. The van der Waals surface area contributed by atoms with E-state index in [0.29, 0.717) is 0 Å². The molecule has 0 aliphatic carbocycles. The number of para-hydroxylation sites is 4. The minimum absolute atomic E-state index is 0.870. The van der Waals surface area contributed by atoms with Crippen molar-refractivity contribution in [2.75, 3.05) is 9.80 Å². The molecule has 0 aliphatic heterocycles. The fourth-order valence-electron chi connectivity index (χ4n) is 6.55. The van der Waals surface area contributed by atoms with Crippen molar-refractivity contribution in [1.29, 1.82) is 0 Å². The van der Waals surface area contributed by atoms with Crippen molar-refractivity contribution in [2.24, 2.45) is 0 Å². The highest BCUT2D eigenvalue weighted by molar-refractivity contribution is 6.10. The topological polar surface area (TPSA) is 19.6 Å². The molecule has 1 aromatic heterocycles. The first-order chi connectivity index (χ1) is 24.2. The van der Waals surface area contributed by atoms with E-state index in [1.54, 1.807) is 0 Å². The summed E-state index contributed by atoms with van der Waals surface area (Å²) in [5.74, 6) is 0. The number of furan rings is 1. The molecule has 0 radical (unpaired) electrons. The highest BCUT2D eigenvalue weighted by Gasteiger charge is 2.21. The first-order valence-electron chi connectivity index (χ1n) is 16.4. The highest BCUT2D eigenvalue weighted by Crippen LogP contribution is 2.45. The van der Waals surface area contributed by atoms with Crippen LogP contribution in [0, 0.1) is 0 Å². The quantitative estimate of drug-likeness (QED) is 0.158. The number of fused-ring (bicyclic) bond motifs is 3. The third-order valence-corrected chi connectivity index (χ3v) is 8.94. The van der Waals surface area contributed by atoms with E-state index in [1.165, 1.54) is 0 Å². The molecule has 0 aliphatic rings. The SMILES string of the molecule is C=Cc1ccc(N(c2ccccc2)c2cc(-c3cccc4c3oc3ccccc34)cc(N(c3ccccc3)c3ccc(C=C)cc3)c2)cc1. The van der Waals surface area contributed by atoms with Gasteiger partial charge < -0.3 is 14.2 Å². The van der Waals surface area contributed by atoms with Crippen LogP contribution in [0.25, 0.3) is 45.2 Å². The summed E-state index contributed by atoms with van der Waals surface area (Å²) in [5, 5.41) is 2.21. The van der Waals surface area contributed by atoms with Gasteiger partial charge in [0.05, 0.1) is 0 Å². The van der Waals surface area contributed by atoms with Crippen LogP contribution in [-0.4, -0.2) is 0 Å². The average molecular weight is 631 g/mol. The molecule has 0 amide bonds. The van der Waals surface area contributed by atoms with Crippen molar-refractivity contribution in [1.82, 2.24) is 0 Å². The van der Waals surface area contributed by atoms with Crippen molar-refractivity contribution in [3.63, 3.8) is 0 Å². The Morgan fingerprint density at radius 1 is 0.408 bits per heavy atom. The summed E-state index contributed by atoms with van der Waals surface area (Å²) < 4.78 is 6.58. The van der Waals surface area contributed by atoms with Crippen LogP contribution in [-0.2, 0) is 0 Å². The summed E-state index contributed by atoms with van der Waals surface area (Å²) in [7, 11) is 0. The Morgan fingerprint density at radius 2 is 0.878 bits per heavy atom. The largest absolute Gasteiger partial charge is 0.455 e. The van der Waals surface area contributed by atoms with Gasteiger partial charge in [-0.25, -0.2) is 0 Å². The molecule has 0 atom stereocenters. The molecule has 0 fully saturated rings. The molecule has 7 aromatic carbocycles. The molecule has 3 nitrogen and oxygen atoms in total. The van der Waals surface area contributed by atoms with Crippen molar-refractivity contribution in [3.8, 4) is 11.1 Å². The second kappa shape index (κ2) is 12.9. The lowest BCUT2D eigenvalue weighted by Gasteiger charge is -2.30. The van der Waals surface area contributed by atoms with E-state index >= 15 is 0 Å². The van der Waals surface area contributed by atoms with E-state index < -0.39 is 0 Å². The summed E-state index contributed by atoms with van der Waals surface area (Å²) in [5.41, 5.74) is 12.2. The van der Waals surface area contributed by atoms with Gasteiger partial charge in [0.15, 0.2) is 0 Å². The van der Waals surface area contributed by atoms with Crippen LogP contribution < -0.4 is 9.80 Å². The van der Waals surface area contributed by atoms with Gasteiger partial charge in [-0.05, 0) is 89.5 Å². The molecule has 49 heavy (non-hydrogen) atoms. The maximum Gasteiger partial charge on any atom is 0.143 e. The average Bonchev–Trinajstić information content (AvgIpc) is 3.55. The first-order valence-corrected chi connectivity index (χ1v) is 16.4. The van der Waals surface area contributed by atoms with Crippen molar-refractivity contribution in [3.05, 3.63) is 194 Å². The highest BCUT2D eigenvalue weighted by atomic mass is 16.3. The predicted octanol–water partition coefficient (Wildman–Crippen LogP) is 13.5. The zero-order valence-corrected chi connectivity index (χ0v) is 27.0. The van der Waals surface area contributed by atoms with E-state index in [1.807, 2.05) is 24.3 Å². The summed E-state index contributed by atoms with van der Waals surface area (Å²) in [6.07, 6.45) is 3.75.